The average Bonchev–Trinajstić information content (AvgIpc) is 2.53. The number of hydrogen-bond donors (Lipinski definition) is 1. The molecule has 0 bridgehead atoms. The van der Waals surface area contributed by atoms with Crippen LogP contribution in [0.3, 0.4) is 0 Å². The third-order valence-electron chi connectivity index (χ3n) is 4.62. The van der Waals surface area contributed by atoms with Crippen LogP contribution in [-0.4, -0.2) is 41.7 Å². The highest BCUT2D eigenvalue weighted by molar-refractivity contribution is 5.06. The topological polar surface area (TPSA) is 51.4 Å². The summed E-state index contributed by atoms with van der Waals surface area (Å²) in [6.45, 7) is 4.75. The lowest BCUT2D eigenvalue weighted by atomic mass is 9.78. The first-order chi connectivity index (χ1) is 9.74. The molecule has 2 atom stereocenters. The van der Waals surface area contributed by atoms with Crippen LogP contribution in [0.1, 0.15) is 38.3 Å². The van der Waals surface area contributed by atoms with Gasteiger partial charge in [0, 0.05) is 31.9 Å². The number of rotatable bonds is 6. The molecule has 1 aromatic heterocycles. The number of aromatic nitrogens is 1. The summed E-state index contributed by atoms with van der Waals surface area (Å²) in [5, 5.41) is 0. The Morgan fingerprint density at radius 1 is 1.50 bits per heavy atom. The molecular weight excluding hydrogens is 250 g/mol. The summed E-state index contributed by atoms with van der Waals surface area (Å²) in [6.07, 6.45) is 6.72. The molecule has 1 saturated carbocycles. The molecule has 112 valence electrons. The van der Waals surface area contributed by atoms with Crippen LogP contribution in [0.15, 0.2) is 24.4 Å². The normalized spacial score (nSPS) is 26.9. The van der Waals surface area contributed by atoms with Crippen LogP contribution in [0.2, 0.25) is 0 Å². The van der Waals surface area contributed by atoms with Crippen LogP contribution in [0, 0.1) is 0 Å². The van der Waals surface area contributed by atoms with Gasteiger partial charge in [-0.2, -0.15) is 0 Å². The van der Waals surface area contributed by atoms with Gasteiger partial charge >= 0.3 is 0 Å². The molecule has 0 radical (unpaired) electrons. The summed E-state index contributed by atoms with van der Waals surface area (Å²) >= 11 is 0. The summed E-state index contributed by atoms with van der Waals surface area (Å²) in [4.78, 5) is 6.94. The molecule has 0 spiro atoms. The van der Waals surface area contributed by atoms with Crippen molar-refractivity contribution in [2.75, 3.05) is 20.2 Å². The van der Waals surface area contributed by atoms with Crippen molar-refractivity contribution < 1.29 is 4.74 Å². The van der Waals surface area contributed by atoms with Gasteiger partial charge in [-0.1, -0.05) is 13.0 Å². The molecule has 1 aliphatic rings. The van der Waals surface area contributed by atoms with Gasteiger partial charge in [0.25, 0.3) is 0 Å². The third kappa shape index (κ3) is 3.37. The Kier molecular flexibility index (Phi) is 5.52. The summed E-state index contributed by atoms with van der Waals surface area (Å²) in [6, 6.07) is 6.09. The molecule has 0 aromatic carbocycles. The maximum Gasteiger partial charge on any atom is 0.0589 e. The molecule has 1 aromatic rings. The second-order valence-corrected chi connectivity index (χ2v) is 5.72. The van der Waals surface area contributed by atoms with Gasteiger partial charge in [0.2, 0.25) is 0 Å². The van der Waals surface area contributed by atoms with Gasteiger partial charge in [0.05, 0.1) is 11.8 Å². The van der Waals surface area contributed by atoms with Crippen LogP contribution in [-0.2, 0) is 11.3 Å². The van der Waals surface area contributed by atoms with E-state index in [-0.39, 0.29) is 5.54 Å². The van der Waals surface area contributed by atoms with E-state index in [0.717, 1.165) is 38.0 Å². The van der Waals surface area contributed by atoms with Gasteiger partial charge in [-0.3, -0.25) is 9.88 Å². The summed E-state index contributed by atoms with van der Waals surface area (Å²) in [5.41, 5.74) is 7.34. The Morgan fingerprint density at radius 3 is 2.95 bits per heavy atom. The predicted octanol–water partition coefficient (Wildman–Crippen LogP) is 2.19. The zero-order chi connectivity index (χ0) is 14.4. The minimum absolute atomic E-state index is 0.0607. The van der Waals surface area contributed by atoms with Crippen molar-refractivity contribution >= 4 is 0 Å². The van der Waals surface area contributed by atoms with E-state index in [2.05, 4.69) is 22.9 Å². The van der Waals surface area contributed by atoms with E-state index in [1.54, 1.807) is 0 Å². The quantitative estimate of drug-likeness (QED) is 0.866. The van der Waals surface area contributed by atoms with E-state index < -0.39 is 0 Å². The molecule has 0 saturated heterocycles. The van der Waals surface area contributed by atoms with Crippen LogP contribution in [0.25, 0.3) is 0 Å². The SMILES string of the molecule is CCN(Cc1ccccn1)C1(CN)CCCC(OC)C1. The number of hydrogen-bond acceptors (Lipinski definition) is 4. The molecule has 2 unspecified atom stereocenters. The summed E-state index contributed by atoms with van der Waals surface area (Å²) in [5.74, 6) is 0. The number of methoxy groups -OCH3 is 1. The maximum absolute atomic E-state index is 6.17. The minimum Gasteiger partial charge on any atom is -0.381 e. The van der Waals surface area contributed by atoms with E-state index in [4.69, 9.17) is 10.5 Å². The molecular formula is C16H27N3O. The van der Waals surface area contributed by atoms with Crippen molar-refractivity contribution in [3.63, 3.8) is 0 Å². The lowest BCUT2D eigenvalue weighted by Crippen LogP contribution is -2.57. The van der Waals surface area contributed by atoms with Crippen molar-refractivity contribution in [2.45, 2.75) is 50.8 Å². The lowest BCUT2D eigenvalue weighted by Gasteiger charge is -2.47. The van der Waals surface area contributed by atoms with Crippen LogP contribution < -0.4 is 5.73 Å². The number of nitrogens with two attached hydrogens (primary N) is 1. The maximum atomic E-state index is 6.17. The zero-order valence-electron chi connectivity index (χ0n) is 12.7. The predicted molar refractivity (Wildman–Crippen MR) is 81.4 cm³/mol. The number of nitrogens with zero attached hydrogens (tertiary/aromatic N) is 2. The van der Waals surface area contributed by atoms with Crippen LogP contribution >= 0.6 is 0 Å². The minimum atomic E-state index is 0.0607. The molecule has 4 nitrogen and oxygen atoms in total. The standard InChI is InChI=1S/C16H27N3O/c1-3-19(12-14-7-4-5-10-18-14)16(13-17)9-6-8-15(11-16)20-2/h4-5,7,10,15H,3,6,8-9,11-13,17H2,1-2H3. The monoisotopic (exact) mass is 277 g/mol. The van der Waals surface area contributed by atoms with E-state index in [0.29, 0.717) is 12.6 Å². The molecule has 2 N–H and O–H groups in total. The molecule has 4 heteroatoms. The fourth-order valence-corrected chi connectivity index (χ4v) is 3.39. The molecule has 0 aliphatic heterocycles. The second-order valence-electron chi connectivity index (χ2n) is 5.72. The number of likely N-dealkylation sites (N-methyl/N-ethyl adjacent to an activating group) is 1. The molecule has 20 heavy (non-hydrogen) atoms. The van der Waals surface area contributed by atoms with Gasteiger partial charge in [-0.15, -0.1) is 0 Å². The first kappa shape index (κ1) is 15.4. The fourth-order valence-electron chi connectivity index (χ4n) is 3.39. The second kappa shape index (κ2) is 7.16. The lowest BCUT2D eigenvalue weighted by molar-refractivity contribution is -0.0241. The Labute approximate surface area is 122 Å². The van der Waals surface area contributed by atoms with Gasteiger partial charge in [0.15, 0.2) is 0 Å². The van der Waals surface area contributed by atoms with Crippen molar-refractivity contribution in [1.82, 2.24) is 9.88 Å². The average molecular weight is 277 g/mol. The van der Waals surface area contributed by atoms with Crippen LogP contribution in [0.4, 0.5) is 0 Å². The Morgan fingerprint density at radius 2 is 2.35 bits per heavy atom. The molecule has 1 aliphatic carbocycles. The highest BCUT2D eigenvalue weighted by Crippen LogP contribution is 2.35. The summed E-state index contributed by atoms with van der Waals surface area (Å²) < 4.78 is 5.60. The molecule has 0 amide bonds. The van der Waals surface area contributed by atoms with E-state index >= 15 is 0 Å². The third-order valence-corrected chi connectivity index (χ3v) is 4.62. The smallest absolute Gasteiger partial charge is 0.0589 e. The van der Waals surface area contributed by atoms with E-state index in [1.165, 1.54) is 6.42 Å². The Bertz CT molecular complexity index is 398. The van der Waals surface area contributed by atoms with Gasteiger partial charge in [-0.05, 0) is 44.4 Å². The van der Waals surface area contributed by atoms with Crippen molar-refractivity contribution in [1.29, 1.82) is 0 Å². The van der Waals surface area contributed by atoms with Crippen molar-refractivity contribution in [2.24, 2.45) is 5.73 Å². The Balaban J connectivity index is 2.14. The molecule has 1 fully saturated rings. The molecule has 1 heterocycles. The van der Waals surface area contributed by atoms with Crippen molar-refractivity contribution in [3.05, 3.63) is 30.1 Å². The van der Waals surface area contributed by atoms with E-state index in [9.17, 15) is 0 Å². The highest BCUT2D eigenvalue weighted by atomic mass is 16.5. The van der Waals surface area contributed by atoms with Gasteiger partial charge in [-0.25, -0.2) is 0 Å². The zero-order valence-corrected chi connectivity index (χ0v) is 12.7. The fraction of sp³-hybridized carbons (Fsp3) is 0.688. The van der Waals surface area contributed by atoms with Crippen LogP contribution in [0.5, 0.6) is 0 Å². The first-order valence-corrected chi connectivity index (χ1v) is 7.62. The Hall–Kier alpha value is -0.970. The van der Waals surface area contributed by atoms with Crippen molar-refractivity contribution in [3.8, 4) is 0 Å². The number of ether oxygens (including phenoxy) is 1. The number of pyridine rings is 1. The highest BCUT2D eigenvalue weighted by Gasteiger charge is 2.39. The van der Waals surface area contributed by atoms with Gasteiger partial charge in [0.1, 0.15) is 0 Å². The molecule has 2 rings (SSSR count). The largest absolute Gasteiger partial charge is 0.381 e. The summed E-state index contributed by atoms with van der Waals surface area (Å²) in [7, 11) is 1.81. The van der Waals surface area contributed by atoms with E-state index in [1.807, 2.05) is 25.4 Å². The van der Waals surface area contributed by atoms with Gasteiger partial charge < -0.3 is 10.5 Å². The first-order valence-electron chi connectivity index (χ1n) is 7.62.